The van der Waals surface area contributed by atoms with E-state index in [4.69, 9.17) is 16.3 Å². The topological polar surface area (TPSA) is 42.8 Å². The van der Waals surface area contributed by atoms with Crippen LogP contribution in [-0.2, 0) is 0 Å². The van der Waals surface area contributed by atoms with Crippen molar-refractivity contribution in [2.24, 2.45) is 5.10 Å². The highest BCUT2D eigenvalue weighted by Gasteiger charge is 2.14. The second-order valence-electron chi connectivity index (χ2n) is 4.11. The van der Waals surface area contributed by atoms with Crippen LogP contribution in [0, 0.1) is 0 Å². The number of methoxy groups -OCH3 is 1. The Morgan fingerprint density at radius 2 is 1.95 bits per heavy atom. The third kappa shape index (κ3) is 4.08. The zero-order valence-electron chi connectivity index (χ0n) is 11.6. The van der Waals surface area contributed by atoms with Crippen LogP contribution in [0.15, 0.2) is 47.6 Å². The van der Waals surface area contributed by atoms with Crippen molar-refractivity contribution >= 4 is 23.5 Å². The molecular weight excluding hydrogens is 314 g/mol. The van der Waals surface area contributed by atoms with Gasteiger partial charge in [0.05, 0.1) is 24.0 Å². The van der Waals surface area contributed by atoms with Gasteiger partial charge in [-0.2, -0.15) is 13.9 Å². The lowest BCUT2D eigenvalue weighted by atomic mass is 10.2. The van der Waals surface area contributed by atoms with Gasteiger partial charge in [0.15, 0.2) is 11.5 Å². The minimum absolute atomic E-state index is 0.0790. The molecule has 0 aliphatic rings. The maximum Gasteiger partial charge on any atom is 0.387 e. The lowest BCUT2D eigenvalue weighted by Gasteiger charge is -2.12. The second-order valence-corrected chi connectivity index (χ2v) is 4.51. The highest BCUT2D eigenvalue weighted by Crippen LogP contribution is 2.31. The van der Waals surface area contributed by atoms with Gasteiger partial charge in [-0.05, 0) is 24.3 Å². The maximum atomic E-state index is 12.5. The minimum atomic E-state index is -2.96. The van der Waals surface area contributed by atoms with Crippen molar-refractivity contribution in [2.75, 3.05) is 12.5 Å². The van der Waals surface area contributed by atoms with Gasteiger partial charge < -0.3 is 9.47 Å². The lowest BCUT2D eigenvalue weighted by molar-refractivity contribution is -0.0513. The molecule has 22 heavy (non-hydrogen) atoms. The van der Waals surface area contributed by atoms with Crippen LogP contribution in [0.5, 0.6) is 11.5 Å². The van der Waals surface area contributed by atoms with Crippen LogP contribution in [0.4, 0.5) is 14.5 Å². The summed E-state index contributed by atoms with van der Waals surface area (Å²) in [5, 5.41) is 4.47. The van der Waals surface area contributed by atoms with E-state index in [1.807, 2.05) is 0 Å². The van der Waals surface area contributed by atoms with Crippen molar-refractivity contribution in [1.29, 1.82) is 0 Å². The monoisotopic (exact) mass is 326 g/mol. The Hall–Kier alpha value is -2.34. The molecule has 2 rings (SSSR count). The molecule has 0 bridgehead atoms. The van der Waals surface area contributed by atoms with Gasteiger partial charge in [-0.25, -0.2) is 0 Å². The number of anilines is 1. The Labute approximate surface area is 131 Å². The first-order chi connectivity index (χ1) is 10.6. The number of nitrogens with one attached hydrogen (secondary N) is 1. The zero-order chi connectivity index (χ0) is 15.9. The van der Waals surface area contributed by atoms with Crippen molar-refractivity contribution in [1.82, 2.24) is 0 Å². The molecule has 4 nitrogen and oxygen atoms in total. The van der Waals surface area contributed by atoms with Gasteiger partial charge in [0.25, 0.3) is 0 Å². The predicted molar refractivity (Wildman–Crippen MR) is 82.3 cm³/mol. The van der Waals surface area contributed by atoms with Crippen molar-refractivity contribution in [3.8, 4) is 11.5 Å². The molecule has 2 aromatic carbocycles. The zero-order valence-corrected chi connectivity index (χ0v) is 12.3. The molecule has 7 heteroatoms. The molecule has 0 amide bonds. The summed E-state index contributed by atoms with van der Waals surface area (Å²) >= 11 is 5.97. The fourth-order valence-corrected chi connectivity index (χ4v) is 1.91. The molecule has 0 unspecified atom stereocenters. The number of rotatable bonds is 6. The second kappa shape index (κ2) is 7.61. The Morgan fingerprint density at radius 1 is 1.18 bits per heavy atom. The standard InChI is InChI=1S/C15H13ClF2N2O2/c1-21-13-8-4-5-10(14(13)22-15(17)18)9-19-20-12-7-3-2-6-11(12)16/h2-9,15,20H,1H3/b19-9-. The maximum absolute atomic E-state index is 12.5. The van der Waals surface area contributed by atoms with Gasteiger partial charge >= 0.3 is 6.61 Å². The van der Waals surface area contributed by atoms with E-state index < -0.39 is 6.61 Å². The van der Waals surface area contributed by atoms with Gasteiger partial charge in [-0.1, -0.05) is 29.8 Å². The van der Waals surface area contributed by atoms with E-state index in [0.717, 1.165) is 0 Å². The third-order valence-corrected chi connectivity index (χ3v) is 3.03. The van der Waals surface area contributed by atoms with Crippen molar-refractivity contribution in [2.45, 2.75) is 6.61 Å². The fraction of sp³-hybridized carbons (Fsp3) is 0.133. The van der Waals surface area contributed by atoms with Crippen LogP contribution in [0.2, 0.25) is 5.02 Å². The largest absolute Gasteiger partial charge is 0.493 e. The highest BCUT2D eigenvalue weighted by molar-refractivity contribution is 6.33. The van der Waals surface area contributed by atoms with E-state index in [-0.39, 0.29) is 11.5 Å². The van der Waals surface area contributed by atoms with Gasteiger partial charge in [0.1, 0.15) is 0 Å². The average molecular weight is 327 g/mol. The van der Waals surface area contributed by atoms with E-state index in [1.54, 1.807) is 36.4 Å². The summed E-state index contributed by atoms with van der Waals surface area (Å²) in [6.07, 6.45) is 1.35. The molecule has 1 N–H and O–H groups in total. The number of hydrogen-bond acceptors (Lipinski definition) is 4. The molecule has 0 atom stereocenters. The first-order valence-electron chi connectivity index (χ1n) is 6.27. The number of hydrogen-bond donors (Lipinski definition) is 1. The van der Waals surface area contributed by atoms with Crippen LogP contribution >= 0.6 is 11.6 Å². The van der Waals surface area contributed by atoms with E-state index in [1.165, 1.54) is 19.4 Å². The Bertz CT molecular complexity index is 666. The quantitative estimate of drug-likeness (QED) is 0.632. The average Bonchev–Trinajstić information content (AvgIpc) is 2.50. The molecule has 116 valence electrons. The Morgan fingerprint density at radius 3 is 2.64 bits per heavy atom. The van der Waals surface area contributed by atoms with Crippen LogP contribution in [0.3, 0.4) is 0 Å². The summed E-state index contributed by atoms with van der Waals surface area (Å²) in [5.74, 6) is 0.117. The normalized spacial score (nSPS) is 11.0. The predicted octanol–water partition coefficient (Wildman–Crippen LogP) is 4.40. The minimum Gasteiger partial charge on any atom is -0.493 e. The van der Waals surface area contributed by atoms with Crippen molar-refractivity contribution in [3.63, 3.8) is 0 Å². The van der Waals surface area contributed by atoms with E-state index in [9.17, 15) is 8.78 Å². The number of nitrogens with zero attached hydrogens (tertiary/aromatic N) is 1. The van der Waals surface area contributed by atoms with E-state index >= 15 is 0 Å². The smallest absolute Gasteiger partial charge is 0.387 e. The molecule has 0 fully saturated rings. The molecule has 0 heterocycles. The van der Waals surface area contributed by atoms with Crippen molar-refractivity contribution in [3.05, 3.63) is 53.1 Å². The molecule has 0 radical (unpaired) electrons. The molecule has 2 aromatic rings. The number of alkyl halides is 2. The lowest BCUT2D eigenvalue weighted by Crippen LogP contribution is -2.06. The molecule has 0 aliphatic carbocycles. The third-order valence-electron chi connectivity index (χ3n) is 2.70. The van der Waals surface area contributed by atoms with Gasteiger partial charge in [0, 0.05) is 5.56 Å². The number of halogens is 3. The number of para-hydroxylation sites is 2. The number of benzene rings is 2. The van der Waals surface area contributed by atoms with Gasteiger partial charge in [-0.15, -0.1) is 0 Å². The van der Waals surface area contributed by atoms with Crippen LogP contribution in [0.25, 0.3) is 0 Å². The SMILES string of the molecule is COc1cccc(/C=N\Nc2ccccc2Cl)c1OC(F)F. The molecular formula is C15H13ClF2N2O2. The molecule has 0 aliphatic heterocycles. The summed E-state index contributed by atoms with van der Waals surface area (Å²) < 4.78 is 34.5. The Balaban J connectivity index is 2.21. The Kier molecular flexibility index (Phi) is 5.55. The van der Waals surface area contributed by atoms with Crippen LogP contribution < -0.4 is 14.9 Å². The fourth-order valence-electron chi connectivity index (χ4n) is 1.73. The van der Waals surface area contributed by atoms with E-state index in [0.29, 0.717) is 16.3 Å². The number of ether oxygens (including phenoxy) is 2. The highest BCUT2D eigenvalue weighted by atomic mass is 35.5. The molecule has 0 saturated carbocycles. The summed E-state index contributed by atoms with van der Waals surface area (Å²) in [6.45, 7) is -2.96. The summed E-state index contributed by atoms with van der Waals surface area (Å²) in [5.41, 5.74) is 3.68. The summed E-state index contributed by atoms with van der Waals surface area (Å²) in [6, 6.07) is 11.8. The molecule has 0 aromatic heterocycles. The first kappa shape index (κ1) is 16.0. The summed E-state index contributed by atoms with van der Waals surface area (Å²) in [7, 11) is 1.37. The van der Waals surface area contributed by atoms with Crippen LogP contribution in [-0.4, -0.2) is 19.9 Å². The number of hydrazone groups is 1. The van der Waals surface area contributed by atoms with E-state index in [2.05, 4.69) is 15.3 Å². The van der Waals surface area contributed by atoms with Gasteiger partial charge in [-0.3, -0.25) is 5.43 Å². The van der Waals surface area contributed by atoms with Gasteiger partial charge in [0.2, 0.25) is 0 Å². The first-order valence-corrected chi connectivity index (χ1v) is 6.65. The molecule has 0 spiro atoms. The molecule has 0 saturated heterocycles. The van der Waals surface area contributed by atoms with Crippen molar-refractivity contribution < 1.29 is 18.3 Å². The van der Waals surface area contributed by atoms with Crippen LogP contribution in [0.1, 0.15) is 5.56 Å². The summed E-state index contributed by atoms with van der Waals surface area (Å²) in [4.78, 5) is 0.